The fourth-order valence-electron chi connectivity index (χ4n) is 3.37. The van der Waals surface area contributed by atoms with Crippen molar-refractivity contribution in [3.05, 3.63) is 59.7 Å². The number of methoxy groups -OCH3 is 1. The minimum atomic E-state index is 0. The zero-order valence-electron chi connectivity index (χ0n) is 15.4. The predicted octanol–water partition coefficient (Wildman–Crippen LogP) is 4.00. The maximum absolute atomic E-state index is 5.88. The summed E-state index contributed by atoms with van der Waals surface area (Å²) in [5.41, 5.74) is 9.34. The van der Waals surface area contributed by atoms with E-state index >= 15 is 0 Å². The van der Waals surface area contributed by atoms with Crippen LogP contribution < -0.4 is 10.5 Å². The summed E-state index contributed by atoms with van der Waals surface area (Å²) in [5.74, 6) is 0.930. The zero-order chi connectivity index (χ0) is 16.9. The minimum Gasteiger partial charge on any atom is -0.497 e. The Morgan fingerprint density at radius 1 is 1.00 bits per heavy atom. The summed E-state index contributed by atoms with van der Waals surface area (Å²) >= 11 is 0. The molecule has 0 aromatic heterocycles. The molecule has 1 heterocycles. The summed E-state index contributed by atoms with van der Waals surface area (Å²) in [6.07, 6.45) is 0. The van der Waals surface area contributed by atoms with Gasteiger partial charge in [-0.3, -0.25) is 9.80 Å². The molecule has 3 rings (SSSR count). The van der Waals surface area contributed by atoms with E-state index in [1.807, 2.05) is 18.2 Å². The molecule has 0 spiro atoms. The fraction of sp³-hybridized carbons (Fsp3) is 0.400. The number of nitrogens with zero attached hydrogens (tertiary/aromatic N) is 2. The lowest BCUT2D eigenvalue weighted by molar-refractivity contribution is 0.0978. The molecule has 0 amide bonds. The Balaban J connectivity index is 0.00000169. The van der Waals surface area contributed by atoms with Crippen LogP contribution in [0.2, 0.25) is 0 Å². The van der Waals surface area contributed by atoms with Crippen LogP contribution in [0.5, 0.6) is 5.75 Å². The van der Waals surface area contributed by atoms with Gasteiger partial charge in [-0.05, 0) is 42.3 Å². The van der Waals surface area contributed by atoms with Gasteiger partial charge in [-0.2, -0.15) is 0 Å². The molecule has 6 heteroatoms. The van der Waals surface area contributed by atoms with E-state index < -0.39 is 0 Å². The van der Waals surface area contributed by atoms with Crippen molar-refractivity contribution in [3.8, 4) is 5.75 Å². The first-order valence-corrected chi connectivity index (χ1v) is 8.60. The monoisotopic (exact) mass is 397 g/mol. The number of hydrogen-bond acceptors (Lipinski definition) is 4. The molecule has 0 aliphatic carbocycles. The molecule has 2 N–H and O–H groups in total. The summed E-state index contributed by atoms with van der Waals surface area (Å²) in [4.78, 5) is 5.05. The smallest absolute Gasteiger partial charge is 0.119 e. The third-order valence-corrected chi connectivity index (χ3v) is 4.89. The van der Waals surface area contributed by atoms with Crippen LogP contribution >= 0.6 is 24.8 Å². The number of nitrogens with two attached hydrogens (primary N) is 1. The Kier molecular flexibility index (Phi) is 9.23. The van der Waals surface area contributed by atoms with Crippen LogP contribution in [0.15, 0.2) is 48.5 Å². The second-order valence-electron chi connectivity index (χ2n) is 6.51. The maximum atomic E-state index is 5.88. The van der Waals surface area contributed by atoms with Gasteiger partial charge in [0.25, 0.3) is 0 Å². The van der Waals surface area contributed by atoms with Crippen molar-refractivity contribution in [2.24, 2.45) is 0 Å². The van der Waals surface area contributed by atoms with Crippen molar-refractivity contribution >= 4 is 30.5 Å². The molecular weight excluding hydrogens is 369 g/mol. The fourth-order valence-corrected chi connectivity index (χ4v) is 3.37. The lowest BCUT2D eigenvalue weighted by Gasteiger charge is -2.38. The first-order chi connectivity index (χ1) is 11.7. The lowest BCUT2D eigenvalue weighted by Crippen LogP contribution is -2.46. The highest BCUT2D eigenvalue weighted by atomic mass is 35.5. The summed E-state index contributed by atoms with van der Waals surface area (Å²) in [5, 5.41) is 0. The van der Waals surface area contributed by atoms with E-state index in [1.165, 1.54) is 11.1 Å². The van der Waals surface area contributed by atoms with Gasteiger partial charge in [-0.15, -0.1) is 24.8 Å². The van der Waals surface area contributed by atoms with E-state index in [0.717, 1.165) is 44.2 Å². The molecular formula is C20H29Cl2N3O. The molecule has 144 valence electrons. The Labute approximate surface area is 169 Å². The topological polar surface area (TPSA) is 41.7 Å². The number of benzene rings is 2. The van der Waals surface area contributed by atoms with Crippen molar-refractivity contribution in [1.29, 1.82) is 0 Å². The number of rotatable bonds is 5. The molecule has 1 unspecified atom stereocenters. The van der Waals surface area contributed by atoms with Crippen molar-refractivity contribution in [2.75, 3.05) is 39.0 Å². The molecule has 1 saturated heterocycles. The molecule has 0 saturated carbocycles. The van der Waals surface area contributed by atoms with Crippen molar-refractivity contribution < 1.29 is 4.74 Å². The SMILES string of the molecule is COc1cccc(C(C)N2CCN(Cc3cccc(N)c3)CC2)c1.Cl.Cl. The van der Waals surface area contributed by atoms with Crippen LogP contribution in [0, 0.1) is 0 Å². The Morgan fingerprint density at radius 3 is 2.35 bits per heavy atom. The van der Waals surface area contributed by atoms with Crippen LogP contribution in [0.25, 0.3) is 0 Å². The summed E-state index contributed by atoms with van der Waals surface area (Å²) in [6.45, 7) is 7.60. The largest absolute Gasteiger partial charge is 0.497 e. The summed E-state index contributed by atoms with van der Waals surface area (Å²) in [6, 6.07) is 17.0. The third-order valence-electron chi connectivity index (χ3n) is 4.89. The zero-order valence-corrected chi connectivity index (χ0v) is 17.1. The number of ether oxygens (including phenoxy) is 1. The molecule has 0 radical (unpaired) electrons. The van der Waals surface area contributed by atoms with Gasteiger partial charge in [-0.25, -0.2) is 0 Å². The standard InChI is InChI=1S/C20H27N3O.2ClH/c1-16(18-6-4-8-20(14-18)24-2)23-11-9-22(10-12-23)15-17-5-3-7-19(21)13-17;;/h3-8,13-14,16H,9-12,15,21H2,1-2H3;2*1H. The van der Waals surface area contributed by atoms with E-state index in [9.17, 15) is 0 Å². The van der Waals surface area contributed by atoms with Crippen LogP contribution in [-0.2, 0) is 6.54 Å². The van der Waals surface area contributed by atoms with Crippen molar-refractivity contribution in [1.82, 2.24) is 9.80 Å². The minimum absolute atomic E-state index is 0. The van der Waals surface area contributed by atoms with E-state index in [-0.39, 0.29) is 24.8 Å². The molecule has 1 fully saturated rings. The molecule has 0 bridgehead atoms. The highest BCUT2D eigenvalue weighted by Crippen LogP contribution is 2.25. The van der Waals surface area contributed by atoms with Gasteiger partial charge in [0, 0.05) is 44.5 Å². The Hall–Kier alpha value is -1.46. The first-order valence-electron chi connectivity index (χ1n) is 8.60. The number of nitrogen functional groups attached to an aromatic ring is 1. The number of halogens is 2. The van der Waals surface area contributed by atoms with Crippen LogP contribution in [0.1, 0.15) is 24.1 Å². The average Bonchev–Trinajstić information content (AvgIpc) is 2.62. The van der Waals surface area contributed by atoms with E-state index in [2.05, 4.69) is 47.1 Å². The molecule has 2 aromatic rings. The third kappa shape index (κ3) is 5.78. The van der Waals surface area contributed by atoms with Crippen LogP contribution in [0.3, 0.4) is 0 Å². The van der Waals surface area contributed by atoms with E-state index in [0.29, 0.717) is 6.04 Å². The molecule has 1 aliphatic heterocycles. The summed E-state index contributed by atoms with van der Waals surface area (Å²) < 4.78 is 5.35. The van der Waals surface area contributed by atoms with Gasteiger partial charge in [0.1, 0.15) is 5.75 Å². The van der Waals surface area contributed by atoms with Gasteiger partial charge < -0.3 is 10.5 Å². The molecule has 1 aliphatic rings. The van der Waals surface area contributed by atoms with Gasteiger partial charge in [0.15, 0.2) is 0 Å². The van der Waals surface area contributed by atoms with Crippen LogP contribution in [0.4, 0.5) is 5.69 Å². The molecule has 26 heavy (non-hydrogen) atoms. The predicted molar refractivity (Wildman–Crippen MR) is 114 cm³/mol. The Morgan fingerprint density at radius 2 is 1.69 bits per heavy atom. The number of hydrogen-bond donors (Lipinski definition) is 1. The van der Waals surface area contributed by atoms with E-state index in [1.54, 1.807) is 7.11 Å². The van der Waals surface area contributed by atoms with Gasteiger partial charge in [-0.1, -0.05) is 24.3 Å². The van der Waals surface area contributed by atoms with Crippen molar-refractivity contribution in [2.45, 2.75) is 19.5 Å². The van der Waals surface area contributed by atoms with Gasteiger partial charge >= 0.3 is 0 Å². The Bertz CT molecular complexity index is 676. The second kappa shape index (κ2) is 10.6. The first kappa shape index (κ1) is 22.6. The molecule has 1 atom stereocenters. The van der Waals surface area contributed by atoms with Crippen molar-refractivity contribution in [3.63, 3.8) is 0 Å². The lowest BCUT2D eigenvalue weighted by atomic mass is 10.1. The molecule has 2 aromatic carbocycles. The normalized spacial score (nSPS) is 16.2. The van der Waals surface area contributed by atoms with E-state index in [4.69, 9.17) is 10.5 Å². The second-order valence-corrected chi connectivity index (χ2v) is 6.51. The maximum Gasteiger partial charge on any atom is 0.119 e. The quantitative estimate of drug-likeness (QED) is 0.774. The van der Waals surface area contributed by atoms with Gasteiger partial charge in [0.05, 0.1) is 7.11 Å². The number of anilines is 1. The number of piperazine rings is 1. The van der Waals surface area contributed by atoms with Gasteiger partial charge in [0.2, 0.25) is 0 Å². The molecule has 4 nitrogen and oxygen atoms in total. The average molecular weight is 398 g/mol. The summed E-state index contributed by atoms with van der Waals surface area (Å²) in [7, 11) is 1.72. The van der Waals surface area contributed by atoms with Crippen LogP contribution in [-0.4, -0.2) is 43.1 Å². The highest BCUT2D eigenvalue weighted by Gasteiger charge is 2.22. The highest BCUT2D eigenvalue weighted by molar-refractivity contribution is 5.85.